The first-order valence-electron chi connectivity index (χ1n) is 10.9. The Hall–Kier alpha value is -1.58. The molecule has 3 aromatic rings. The van der Waals surface area contributed by atoms with Crippen molar-refractivity contribution in [3.8, 4) is 0 Å². The smallest absolute Gasteiger partial charge is 0.260 e. The third-order valence-electron chi connectivity index (χ3n) is 5.26. The van der Waals surface area contributed by atoms with Crippen molar-refractivity contribution in [2.24, 2.45) is 0 Å². The summed E-state index contributed by atoms with van der Waals surface area (Å²) in [4.78, 5) is 25.1. The van der Waals surface area contributed by atoms with E-state index in [-0.39, 0.29) is 5.91 Å². The van der Waals surface area contributed by atoms with E-state index in [0.717, 1.165) is 58.0 Å². The lowest BCUT2D eigenvalue weighted by atomic mass is 10.2. The minimum Gasteiger partial charge on any atom is -0.379 e. The molecule has 2 heterocycles. The molecule has 1 saturated heterocycles. The number of carbonyl (C=O) groups excluding carboxylic acids is 1. The van der Waals surface area contributed by atoms with Crippen molar-refractivity contribution in [2.75, 3.05) is 50.5 Å². The number of benzene rings is 2. The summed E-state index contributed by atoms with van der Waals surface area (Å²) in [5, 5.41) is 1.23. The van der Waals surface area contributed by atoms with Gasteiger partial charge in [-0.3, -0.25) is 14.6 Å². The fourth-order valence-electron chi connectivity index (χ4n) is 3.67. The predicted molar refractivity (Wildman–Crippen MR) is 138 cm³/mol. The van der Waals surface area contributed by atoms with Crippen LogP contribution in [0.1, 0.15) is 24.2 Å². The molecular weight excluding hydrogens is 458 g/mol. The zero-order valence-corrected chi connectivity index (χ0v) is 21.2. The van der Waals surface area contributed by atoms with Gasteiger partial charge in [-0.15, -0.1) is 23.5 Å². The molecule has 0 spiro atoms. The van der Waals surface area contributed by atoms with Gasteiger partial charge in [0.15, 0.2) is 5.13 Å². The van der Waals surface area contributed by atoms with Crippen molar-refractivity contribution < 1.29 is 9.53 Å². The van der Waals surface area contributed by atoms with Crippen LogP contribution in [0.25, 0.3) is 10.2 Å². The quantitative estimate of drug-likeness (QED) is 0.391. The number of morpholine rings is 1. The second-order valence-electron chi connectivity index (χ2n) is 7.91. The number of hydrogen-bond acceptors (Lipinski definition) is 7. The SMILES string of the molecule is CSc1cccc2sc(N(CCN3CCOCC3)C(=O)c3cccc(SC(C)C)c3)nc12. The molecule has 1 amide bonds. The van der Waals surface area contributed by atoms with E-state index in [9.17, 15) is 4.79 Å². The van der Waals surface area contributed by atoms with Crippen LogP contribution < -0.4 is 4.90 Å². The second kappa shape index (κ2) is 11.0. The maximum Gasteiger partial charge on any atom is 0.260 e. The van der Waals surface area contributed by atoms with E-state index in [4.69, 9.17) is 9.72 Å². The number of nitrogens with zero attached hydrogens (tertiary/aromatic N) is 3. The zero-order valence-electron chi connectivity index (χ0n) is 18.7. The Morgan fingerprint density at radius 3 is 2.75 bits per heavy atom. The normalized spacial score (nSPS) is 14.9. The Kier molecular flexibility index (Phi) is 8.12. The van der Waals surface area contributed by atoms with E-state index < -0.39 is 0 Å². The average molecular weight is 488 g/mol. The number of thioether (sulfide) groups is 2. The van der Waals surface area contributed by atoms with Crippen LogP contribution in [0, 0.1) is 0 Å². The van der Waals surface area contributed by atoms with Crippen LogP contribution in [0.3, 0.4) is 0 Å². The molecule has 0 saturated carbocycles. The zero-order chi connectivity index (χ0) is 22.5. The molecule has 8 heteroatoms. The van der Waals surface area contributed by atoms with E-state index >= 15 is 0 Å². The molecule has 1 fully saturated rings. The number of aromatic nitrogens is 1. The highest BCUT2D eigenvalue weighted by Crippen LogP contribution is 2.35. The molecule has 4 rings (SSSR count). The summed E-state index contributed by atoms with van der Waals surface area (Å²) in [5.41, 5.74) is 1.69. The second-order valence-corrected chi connectivity index (χ2v) is 11.4. The minimum atomic E-state index is 0.00854. The first kappa shape index (κ1) is 23.6. The van der Waals surface area contributed by atoms with E-state index in [1.165, 1.54) is 0 Å². The highest BCUT2D eigenvalue weighted by Gasteiger charge is 2.23. The summed E-state index contributed by atoms with van der Waals surface area (Å²) >= 11 is 5.05. The summed E-state index contributed by atoms with van der Waals surface area (Å²) in [6.45, 7) is 9.05. The van der Waals surface area contributed by atoms with Crippen LogP contribution in [0.15, 0.2) is 52.3 Å². The first-order chi connectivity index (χ1) is 15.5. The van der Waals surface area contributed by atoms with Gasteiger partial charge < -0.3 is 4.74 Å². The molecule has 170 valence electrons. The molecule has 0 N–H and O–H groups in total. The fraction of sp³-hybridized carbons (Fsp3) is 0.417. The van der Waals surface area contributed by atoms with Crippen LogP contribution in [-0.2, 0) is 4.74 Å². The molecule has 0 unspecified atom stereocenters. The van der Waals surface area contributed by atoms with Crippen molar-refractivity contribution >= 4 is 56.1 Å². The fourth-order valence-corrected chi connectivity index (χ4v) is 6.21. The van der Waals surface area contributed by atoms with Gasteiger partial charge in [-0.2, -0.15) is 0 Å². The van der Waals surface area contributed by atoms with Crippen molar-refractivity contribution in [2.45, 2.75) is 28.9 Å². The van der Waals surface area contributed by atoms with Gasteiger partial charge in [-0.1, -0.05) is 37.3 Å². The largest absolute Gasteiger partial charge is 0.379 e. The molecule has 0 aliphatic carbocycles. The first-order valence-corrected chi connectivity index (χ1v) is 13.8. The number of amides is 1. The van der Waals surface area contributed by atoms with Crippen LogP contribution in [0.4, 0.5) is 5.13 Å². The molecule has 32 heavy (non-hydrogen) atoms. The molecule has 1 aromatic heterocycles. The number of fused-ring (bicyclic) bond motifs is 1. The van der Waals surface area contributed by atoms with Gasteiger partial charge in [-0.25, -0.2) is 4.98 Å². The van der Waals surface area contributed by atoms with E-state index in [1.807, 2.05) is 23.1 Å². The number of anilines is 1. The van der Waals surface area contributed by atoms with Crippen molar-refractivity contribution in [1.29, 1.82) is 0 Å². The number of hydrogen-bond donors (Lipinski definition) is 0. The summed E-state index contributed by atoms with van der Waals surface area (Å²) in [5.74, 6) is 0.00854. The summed E-state index contributed by atoms with van der Waals surface area (Å²) in [7, 11) is 0. The number of carbonyl (C=O) groups is 1. The van der Waals surface area contributed by atoms with Crippen LogP contribution in [0.5, 0.6) is 0 Å². The maximum absolute atomic E-state index is 13.7. The van der Waals surface area contributed by atoms with Crippen molar-refractivity contribution in [1.82, 2.24) is 9.88 Å². The maximum atomic E-state index is 13.7. The molecule has 1 aliphatic rings. The monoisotopic (exact) mass is 487 g/mol. The molecule has 2 aromatic carbocycles. The standard InChI is InChI=1S/C24H29N3O2S3/c1-17(2)31-19-7-4-6-18(16-19)23(28)27(11-10-26-12-14-29-15-13-26)24-25-22-20(30-3)8-5-9-21(22)32-24/h4-9,16-17H,10-15H2,1-3H3. The summed E-state index contributed by atoms with van der Waals surface area (Å²) in [6, 6.07) is 14.2. The van der Waals surface area contributed by atoms with Gasteiger partial charge in [0.25, 0.3) is 5.91 Å². The lowest BCUT2D eigenvalue weighted by Gasteiger charge is -2.29. The van der Waals surface area contributed by atoms with Crippen LogP contribution in [-0.4, -0.2) is 66.7 Å². The van der Waals surface area contributed by atoms with Gasteiger partial charge in [0.05, 0.1) is 23.4 Å². The number of thiazole rings is 1. The number of ether oxygens (including phenoxy) is 1. The third-order valence-corrected chi connectivity index (χ3v) is 8.07. The minimum absolute atomic E-state index is 0.00854. The van der Waals surface area contributed by atoms with Crippen molar-refractivity contribution in [3.05, 3.63) is 48.0 Å². The predicted octanol–water partition coefficient (Wildman–Crippen LogP) is 5.50. The van der Waals surface area contributed by atoms with Crippen LogP contribution in [0.2, 0.25) is 0 Å². The van der Waals surface area contributed by atoms with Gasteiger partial charge in [0, 0.05) is 46.8 Å². The third kappa shape index (κ3) is 5.66. The van der Waals surface area contributed by atoms with Crippen molar-refractivity contribution in [3.63, 3.8) is 0 Å². The summed E-state index contributed by atoms with van der Waals surface area (Å²) in [6.07, 6.45) is 2.06. The Balaban J connectivity index is 1.65. The van der Waals surface area contributed by atoms with Gasteiger partial charge in [-0.05, 0) is 36.6 Å². The highest BCUT2D eigenvalue weighted by molar-refractivity contribution is 8.00. The molecule has 0 radical (unpaired) electrons. The van der Waals surface area contributed by atoms with Gasteiger partial charge >= 0.3 is 0 Å². The summed E-state index contributed by atoms with van der Waals surface area (Å²) < 4.78 is 6.59. The molecule has 0 bridgehead atoms. The van der Waals surface area contributed by atoms with E-state index in [2.05, 4.69) is 49.3 Å². The Morgan fingerprint density at radius 2 is 2.00 bits per heavy atom. The molecule has 5 nitrogen and oxygen atoms in total. The Labute approximate surface area is 202 Å². The van der Waals surface area contributed by atoms with Crippen LogP contribution >= 0.6 is 34.9 Å². The Morgan fingerprint density at radius 1 is 1.22 bits per heavy atom. The lowest BCUT2D eigenvalue weighted by molar-refractivity contribution is 0.0391. The molecular formula is C24H29N3O2S3. The topological polar surface area (TPSA) is 45.7 Å². The highest BCUT2D eigenvalue weighted by atomic mass is 32.2. The van der Waals surface area contributed by atoms with E-state index in [0.29, 0.717) is 17.4 Å². The Bertz CT molecular complexity index is 1060. The number of rotatable bonds is 8. The molecule has 0 atom stereocenters. The van der Waals surface area contributed by atoms with E-state index in [1.54, 1.807) is 34.9 Å². The van der Waals surface area contributed by atoms with Gasteiger partial charge in [0.2, 0.25) is 0 Å². The lowest BCUT2D eigenvalue weighted by Crippen LogP contribution is -2.43. The average Bonchev–Trinajstić information content (AvgIpc) is 3.23. The molecule has 1 aliphatic heterocycles. The number of para-hydroxylation sites is 1. The van der Waals surface area contributed by atoms with Gasteiger partial charge in [0.1, 0.15) is 0 Å².